The fourth-order valence-electron chi connectivity index (χ4n) is 3.31. The lowest BCUT2D eigenvalue weighted by Crippen LogP contribution is -2.37. The van der Waals surface area contributed by atoms with Gasteiger partial charge in [-0.2, -0.15) is 0 Å². The van der Waals surface area contributed by atoms with Crippen LogP contribution in [-0.4, -0.2) is 31.6 Å². The predicted octanol–water partition coefficient (Wildman–Crippen LogP) is 4.18. The highest BCUT2D eigenvalue weighted by Gasteiger charge is 2.21. The number of benzene rings is 2. The number of fused-ring (bicyclic) bond motifs is 1. The Hall–Kier alpha value is -3.38. The van der Waals surface area contributed by atoms with E-state index in [4.69, 9.17) is 9.47 Å². The lowest BCUT2D eigenvalue weighted by atomic mass is 9.99. The van der Waals surface area contributed by atoms with Gasteiger partial charge in [0.1, 0.15) is 6.04 Å². The van der Waals surface area contributed by atoms with Crippen molar-refractivity contribution in [2.75, 3.05) is 19.0 Å². The van der Waals surface area contributed by atoms with Gasteiger partial charge in [-0.1, -0.05) is 56.8 Å². The molecule has 1 unspecified atom stereocenters. The van der Waals surface area contributed by atoms with Crippen LogP contribution in [0.4, 0.5) is 5.69 Å². The number of hydrogen-bond donors (Lipinski definition) is 2. The van der Waals surface area contributed by atoms with Crippen molar-refractivity contribution in [2.24, 2.45) is 5.92 Å². The van der Waals surface area contributed by atoms with Crippen molar-refractivity contribution in [3.63, 3.8) is 0 Å². The third kappa shape index (κ3) is 5.41. The van der Waals surface area contributed by atoms with Gasteiger partial charge in [-0.05, 0) is 35.1 Å². The number of carbonyl (C=O) groups is 2. The first-order valence-corrected chi connectivity index (χ1v) is 10.2. The van der Waals surface area contributed by atoms with Gasteiger partial charge in [0.2, 0.25) is 5.91 Å². The van der Waals surface area contributed by atoms with E-state index in [-0.39, 0.29) is 17.8 Å². The van der Waals surface area contributed by atoms with E-state index in [0.29, 0.717) is 18.9 Å². The summed E-state index contributed by atoms with van der Waals surface area (Å²) in [6, 6.07) is 9.33. The molecule has 0 saturated heterocycles. The lowest BCUT2D eigenvalue weighted by Gasteiger charge is -2.22. The van der Waals surface area contributed by atoms with E-state index in [1.807, 2.05) is 56.3 Å². The number of rotatable bonds is 8. The second-order valence-corrected chi connectivity index (χ2v) is 7.77. The van der Waals surface area contributed by atoms with Gasteiger partial charge in [-0.15, -0.1) is 0 Å². The van der Waals surface area contributed by atoms with Crippen LogP contribution in [0.15, 0.2) is 61.2 Å². The highest BCUT2D eigenvalue weighted by atomic mass is 16.5. The van der Waals surface area contributed by atoms with Crippen molar-refractivity contribution in [3.05, 3.63) is 72.3 Å². The fourth-order valence-corrected chi connectivity index (χ4v) is 3.31. The Balaban J connectivity index is 1.94. The number of esters is 1. The van der Waals surface area contributed by atoms with E-state index >= 15 is 0 Å². The van der Waals surface area contributed by atoms with Crippen LogP contribution in [0.1, 0.15) is 25.0 Å². The zero-order chi connectivity index (χ0) is 22.4. The van der Waals surface area contributed by atoms with Crippen molar-refractivity contribution >= 4 is 34.0 Å². The number of amides is 1. The Morgan fingerprint density at radius 1 is 1.26 bits per heavy atom. The van der Waals surface area contributed by atoms with Crippen LogP contribution in [0.5, 0.6) is 0 Å². The molecule has 0 fully saturated rings. The average Bonchev–Trinajstić information content (AvgIpc) is 2.78. The molecule has 0 saturated carbocycles. The van der Waals surface area contributed by atoms with Crippen LogP contribution in [0.3, 0.4) is 0 Å². The smallest absolute Gasteiger partial charge is 0.332 e. The Kier molecular flexibility index (Phi) is 7.26. The molecule has 3 rings (SSSR count). The molecule has 2 aromatic carbocycles. The van der Waals surface area contributed by atoms with Crippen molar-refractivity contribution in [1.82, 2.24) is 5.32 Å². The minimum Gasteiger partial charge on any atom is -0.464 e. The van der Waals surface area contributed by atoms with E-state index in [1.54, 1.807) is 13.2 Å². The molecule has 2 aromatic rings. The summed E-state index contributed by atoms with van der Waals surface area (Å²) in [4.78, 5) is 24.4. The first kappa shape index (κ1) is 22.3. The van der Waals surface area contributed by atoms with Gasteiger partial charge in [0, 0.05) is 23.8 Å². The minimum absolute atomic E-state index is 0.275. The molecule has 1 aliphatic rings. The second kappa shape index (κ2) is 10.1. The number of methoxy groups -OCH3 is 1. The first-order chi connectivity index (χ1) is 14.9. The summed E-state index contributed by atoms with van der Waals surface area (Å²) in [6.07, 6.45) is 6.77. The summed E-state index contributed by atoms with van der Waals surface area (Å²) >= 11 is 0. The molecule has 0 bridgehead atoms. The molecule has 1 atom stereocenters. The summed E-state index contributed by atoms with van der Waals surface area (Å²) in [5.74, 6) is -0.323. The molecule has 6 heteroatoms. The fraction of sp³-hybridized carbons (Fsp3) is 0.280. The molecule has 0 spiro atoms. The van der Waals surface area contributed by atoms with Gasteiger partial charge in [0.25, 0.3) is 0 Å². The number of hydrogen-bond acceptors (Lipinski definition) is 5. The van der Waals surface area contributed by atoms with E-state index in [9.17, 15) is 9.59 Å². The van der Waals surface area contributed by atoms with Gasteiger partial charge >= 0.3 is 5.97 Å². The number of anilines is 1. The van der Waals surface area contributed by atoms with Gasteiger partial charge in [0.15, 0.2) is 0 Å². The molecule has 1 amide bonds. The number of nitrogens with one attached hydrogen (secondary N) is 2. The molecule has 0 aromatic heterocycles. The summed E-state index contributed by atoms with van der Waals surface area (Å²) in [6.45, 7) is 8.28. The minimum atomic E-state index is -0.547. The maximum absolute atomic E-state index is 12.4. The van der Waals surface area contributed by atoms with Gasteiger partial charge in [-0.3, -0.25) is 4.79 Å². The van der Waals surface area contributed by atoms with Crippen LogP contribution in [-0.2, 0) is 25.7 Å². The van der Waals surface area contributed by atoms with E-state index in [2.05, 4.69) is 17.2 Å². The quantitative estimate of drug-likeness (QED) is 0.495. The van der Waals surface area contributed by atoms with Gasteiger partial charge < -0.3 is 20.1 Å². The molecule has 1 heterocycles. The lowest BCUT2D eigenvalue weighted by molar-refractivity contribution is -0.145. The van der Waals surface area contributed by atoms with Gasteiger partial charge in [-0.25, -0.2) is 4.79 Å². The van der Waals surface area contributed by atoms with E-state index < -0.39 is 6.04 Å². The van der Waals surface area contributed by atoms with Crippen LogP contribution < -0.4 is 10.6 Å². The third-order valence-electron chi connectivity index (χ3n) is 4.84. The topological polar surface area (TPSA) is 76.7 Å². The Morgan fingerprint density at radius 3 is 2.74 bits per heavy atom. The SMILES string of the molecule is C=CC(=O)Nc1c(COC)ccc2ccc(C3=CC=CC(C(=O)OCC(C)C)N3)cc12. The monoisotopic (exact) mass is 420 g/mol. The predicted molar refractivity (Wildman–Crippen MR) is 123 cm³/mol. The molecule has 1 aliphatic heterocycles. The normalized spacial score (nSPS) is 15.4. The second-order valence-electron chi connectivity index (χ2n) is 7.77. The van der Waals surface area contributed by atoms with Crippen molar-refractivity contribution in [1.29, 1.82) is 0 Å². The van der Waals surface area contributed by atoms with Crippen LogP contribution >= 0.6 is 0 Å². The van der Waals surface area contributed by atoms with Crippen LogP contribution in [0.25, 0.3) is 16.5 Å². The Labute approximate surface area is 182 Å². The summed E-state index contributed by atoms with van der Waals surface area (Å²) in [5, 5.41) is 8.00. The number of ether oxygens (including phenoxy) is 2. The number of dihydropyridines is 1. The Morgan fingerprint density at radius 2 is 2.03 bits per heavy atom. The highest BCUT2D eigenvalue weighted by molar-refractivity contribution is 6.07. The molecule has 0 radical (unpaired) electrons. The summed E-state index contributed by atoms with van der Waals surface area (Å²) in [7, 11) is 1.61. The van der Waals surface area contributed by atoms with Crippen molar-refractivity contribution in [3.8, 4) is 0 Å². The van der Waals surface area contributed by atoms with Crippen molar-refractivity contribution in [2.45, 2.75) is 26.5 Å². The largest absolute Gasteiger partial charge is 0.464 e. The van der Waals surface area contributed by atoms with E-state index in [1.165, 1.54) is 6.08 Å². The maximum atomic E-state index is 12.4. The van der Waals surface area contributed by atoms with Crippen LogP contribution in [0, 0.1) is 5.92 Å². The third-order valence-corrected chi connectivity index (χ3v) is 4.84. The number of allylic oxidation sites excluding steroid dienone is 2. The Bertz CT molecular complexity index is 1050. The summed E-state index contributed by atoms with van der Waals surface area (Å²) in [5.41, 5.74) is 3.24. The maximum Gasteiger partial charge on any atom is 0.332 e. The molecule has 31 heavy (non-hydrogen) atoms. The molecule has 2 N–H and O–H groups in total. The molecule has 162 valence electrons. The summed E-state index contributed by atoms with van der Waals surface area (Å²) < 4.78 is 10.7. The first-order valence-electron chi connectivity index (χ1n) is 10.2. The van der Waals surface area contributed by atoms with Crippen molar-refractivity contribution < 1.29 is 19.1 Å². The molecular formula is C25H28N2O4. The zero-order valence-corrected chi connectivity index (χ0v) is 18.1. The molecule has 6 nitrogen and oxygen atoms in total. The highest BCUT2D eigenvalue weighted by Crippen LogP contribution is 2.31. The zero-order valence-electron chi connectivity index (χ0n) is 18.1. The average molecular weight is 421 g/mol. The van der Waals surface area contributed by atoms with Crippen LogP contribution in [0.2, 0.25) is 0 Å². The van der Waals surface area contributed by atoms with Gasteiger partial charge in [0.05, 0.1) is 18.9 Å². The number of carbonyl (C=O) groups excluding carboxylic acids is 2. The van der Waals surface area contributed by atoms with E-state index in [0.717, 1.165) is 27.6 Å². The standard InChI is InChI=1S/C25H28N2O4/c1-5-23(28)27-24-19(15-30-4)12-10-17-9-11-18(13-20(17)24)21-7-6-8-22(26-21)25(29)31-14-16(2)3/h5-13,16,22,26H,1,14-15H2,2-4H3,(H,27,28). The molecule has 0 aliphatic carbocycles. The molecular weight excluding hydrogens is 392 g/mol.